The summed E-state index contributed by atoms with van der Waals surface area (Å²) in [4.78, 5) is 9.57. The van der Waals surface area contributed by atoms with Crippen molar-refractivity contribution < 1.29 is 9.47 Å². The molecule has 0 spiro atoms. The molecule has 1 saturated heterocycles. The second-order valence-corrected chi connectivity index (χ2v) is 8.28. The molecule has 2 unspecified atom stereocenters. The number of likely N-dealkylation sites (N-methyl/N-ethyl adjacent to an activating group) is 1. The molecule has 4 heterocycles. The molecule has 0 bridgehead atoms. The summed E-state index contributed by atoms with van der Waals surface area (Å²) in [5.41, 5.74) is 5.42. The Bertz CT molecular complexity index is 853. The predicted octanol–water partition coefficient (Wildman–Crippen LogP) is 2.39. The third kappa shape index (κ3) is 3.84. The third-order valence-corrected chi connectivity index (χ3v) is 6.44. The van der Waals surface area contributed by atoms with Crippen LogP contribution in [-0.4, -0.2) is 62.4 Å². The van der Waals surface area contributed by atoms with Gasteiger partial charge in [0, 0.05) is 50.5 Å². The number of hydrogen-bond donors (Lipinski definition) is 1. The van der Waals surface area contributed by atoms with E-state index < -0.39 is 0 Å². The number of rotatable bonds is 4. The van der Waals surface area contributed by atoms with Gasteiger partial charge in [0.2, 0.25) is 0 Å². The molecule has 5 rings (SSSR count). The van der Waals surface area contributed by atoms with Gasteiger partial charge in [0.1, 0.15) is 5.75 Å². The molecule has 3 aliphatic heterocycles. The number of aromatic nitrogens is 1. The Morgan fingerprint density at radius 2 is 2.07 bits per heavy atom. The Morgan fingerprint density at radius 3 is 2.97 bits per heavy atom. The lowest BCUT2D eigenvalue weighted by molar-refractivity contribution is 0.122. The lowest BCUT2D eigenvalue weighted by Gasteiger charge is -2.38. The highest BCUT2D eigenvalue weighted by molar-refractivity contribution is 5.58. The van der Waals surface area contributed by atoms with E-state index in [9.17, 15) is 0 Å². The van der Waals surface area contributed by atoms with Gasteiger partial charge in [0.15, 0.2) is 0 Å². The zero-order chi connectivity index (χ0) is 19.6. The van der Waals surface area contributed by atoms with Crippen molar-refractivity contribution in [1.29, 1.82) is 0 Å². The van der Waals surface area contributed by atoms with Crippen LogP contribution >= 0.6 is 0 Å². The zero-order valence-electron chi connectivity index (χ0n) is 17.1. The molecule has 2 atom stereocenters. The number of fused-ring (bicyclic) bond motifs is 2. The van der Waals surface area contributed by atoms with Crippen LogP contribution in [0.25, 0.3) is 0 Å². The second kappa shape index (κ2) is 8.30. The van der Waals surface area contributed by atoms with Crippen LogP contribution in [0.5, 0.6) is 5.75 Å². The van der Waals surface area contributed by atoms with Crippen molar-refractivity contribution in [3.8, 4) is 5.75 Å². The van der Waals surface area contributed by atoms with E-state index in [1.54, 1.807) is 0 Å². The van der Waals surface area contributed by atoms with Gasteiger partial charge in [-0.05, 0) is 42.8 Å². The summed E-state index contributed by atoms with van der Waals surface area (Å²) < 4.78 is 11.4. The van der Waals surface area contributed by atoms with Gasteiger partial charge in [0.25, 0.3) is 0 Å². The summed E-state index contributed by atoms with van der Waals surface area (Å²) in [5, 5.41) is 3.76. The third-order valence-electron chi connectivity index (χ3n) is 6.44. The molecule has 154 valence electrons. The van der Waals surface area contributed by atoms with Crippen molar-refractivity contribution >= 4 is 5.69 Å². The van der Waals surface area contributed by atoms with E-state index in [4.69, 9.17) is 9.47 Å². The van der Waals surface area contributed by atoms with E-state index in [0.717, 1.165) is 70.3 Å². The maximum Gasteiger partial charge on any atom is 0.142 e. The summed E-state index contributed by atoms with van der Waals surface area (Å²) in [7, 11) is 2.22. The van der Waals surface area contributed by atoms with Crippen molar-refractivity contribution in [3.05, 3.63) is 53.3 Å². The van der Waals surface area contributed by atoms with Crippen molar-refractivity contribution in [2.24, 2.45) is 0 Å². The molecule has 0 amide bonds. The molecule has 3 aliphatic rings. The second-order valence-electron chi connectivity index (χ2n) is 8.28. The zero-order valence-corrected chi connectivity index (χ0v) is 17.1. The average Bonchev–Trinajstić information content (AvgIpc) is 2.79. The average molecular weight is 395 g/mol. The Kier molecular flexibility index (Phi) is 5.40. The Hall–Kier alpha value is -2.15. The SMILES string of the molecule is CN(CC1Cc2c(cccc2N2CCOCC2)CN1)C1CCOc2cccnc21. The Labute approximate surface area is 172 Å². The first-order chi connectivity index (χ1) is 14.3. The van der Waals surface area contributed by atoms with Crippen LogP contribution in [0.15, 0.2) is 36.5 Å². The fraction of sp³-hybridized carbons (Fsp3) is 0.522. The first kappa shape index (κ1) is 18.9. The van der Waals surface area contributed by atoms with Gasteiger partial charge in [-0.15, -0.1) is 0 Å². The number of hydrogen-bond acceptors (Lipinski definition) is 6. The van der Waals surface area contributed by atoms with E-state index >= 15 is 0 Å². The quantitative estimate of drug-likeness (QED) is 0.859. The highest BCUT2D eigenvalue weighted by atomic mass is 16.5. The predicted molar refractivity (Wildman–Crippen MR) is 114 cm³/mol. The summed E-state index contributed by atoms with van der Waals surface area (Å²) in [6.07, 6.45) is 3.92. The monoisotopic (exact) mass is 394 g/mol. The highest BCUT2D eigenvalue weighted by Gasteiger charge is 2.30. The van der Waals surface area contributed by atoms with E-state index in [1.807, 2.05) is 18.3 Å². The summed E-state index contributed by atoms with van der Waals surface area (Å²) in [5.74, 6) is 0.937. The maximum atomic E-state index is 5.80. The van der Waals surface area contributed by atoms with Crippen molar-refractivity contribution in [1.82, 2.24) is 15.2 Å². The molecule has 29 heavy (non-hydrogen) atoms. The molecule has 1 aromatic heterocycles. The molecule has 0 radical (unpaired) electrons. The van der Waals surface area contributed by atoms with Crippen LogP contribution in [0.4, 0.5) is 5.69 Å². The van der Waals surface area contributed by atoms with E-state index in [0.29, 0.717) is 12.1 Å². The topological polar surface area (TPSA) is 49.9 Å². The normalized spacial score (nSPS) is 24.0. The number of pyridine rings is 1. The standard InChI is InChI=1S/C23H30N4O2/c1-26(21-7-11-29-22-6-3-8-24-23(21)22)16-18-14-19-17(15-25-18)4-2-5-20(19)27-9-12-28-13-10-27/h2-6,8,18,21,25H,7,9-16H2,1H3. The largest absolute Gasteiger partial charge is 0.492 e. The fourth-order valence-corrected chi connectivity index (χ4v) is 4.92. The van der Waals surface area contributed by atoms with Gasteiger partial charge < -0.3 is 19.7 Å². The van der Waals surface area contributed by atoms with Gasteiger partial charge >= 0.3 is 0 Å². The molecule has 1 aromatic carbocycles. The smallest absolute Gasteiger partial charge is 0.142 e. The lowest BCUT2D eigenvalue weighted by atomic mass is 9.92. The molecule has 6 heteroatoms. The summed E-state index contributed by atoms with van der Waals surface area (Å²) in [6, 6.07) is 11.5. The molecule has 6 nitrogen and oxygen atoms in total. The van der Waals surface area contributed by atoms with Gasteiger partial charge in [-0.1, -0.05) is 12.1 Å². The number of anilines is 1. The molecule has 0 aliphatic carbocycles. The van der Waals surface area contributed by atoms with Crippen molar-refractivity contribution in [2.45, 2.75) is 31.5 Å². The number of morpholine rings is 1. The summed E-state index contributed by atoms with van der Waals surface area (Å²) >= 11 is 0. The van der Waals surface area contributed by atoms with E-state index in [-0.39, 0.29) is 0 Å². The number of ether oxygens (including phenoxy) is 2. The summed E-state index contributed by atoms with van der Waals surface area (Å²) in [6.45, 7) is 6.31. The van der Waals surface area contributed by atoms with Gasteiger partial charge in [0.05, 0.1) is 31.6 Å². The Morgan fingerprint density at radius 1 is 1.17 bits per heavy atom. The van der Waals surface area contributed by atoms with Gasteiger partial charge in [-0.2, -0.15) is 0 Å². The van der Waals surface area contributed by atoms with Crippen LogP contribution in [0.1, 0.15) is 29.3 Å². The molecular weight excluding hydrogens is 364 g/mol. The molecule has 2 aromatic rings. The minimum Gasteiger partial charge on any atom is -0.492 e. The molecule has 1 N–H and O–H groups in total. The number of nitrogens with one attached hydrogen (secondary N) is 1. The van der Waals surface area contributed by atoms with E-state index in [2.05, 4.69) is 45.3 Å². The van der Waals surface area contributed by atoms with E-state index in [1.165, 1.54) is 16.8 Å². The maximum absolute atomic E-state index is 5.80. The first-order valence-corrected chi connectivity index (χ1v) is 10.7. The van der Waals surface area contributed by atoms with Crippen LogP contribution in [-0.2, 0) is 17.7 Å². The van der Waals surface area contributed by atoms with Gasteiger partial charge in [-0.3, -0.25) is 9.88 Å². The molecule has 0 saturated carbocycles. The number of benzene rings is 1. The highest BCUT2D eigenvalue weighted by Crippen LogP contribution is 2.34. The number of nitrogens with zero attached hydrogens (tertiary/aromatic N) is 3. The molecular formula is C23H30N4O2. The van der Waals surface area contributed by atoms with Crippen LogP contribution in [0, 0.1) is 0 Å². The lowest BCUT2D eigenvalue weighted by Crippen LogP contribution is -2.46. The fourth-order valence-electron chi connectivity index (χ4n) is 4.92. The first-order valence-electron chi connectivity index (χ1n) is 10.7. The minimum atomic E-state index is 0.317. The molecule has 1 fully saturated rings. The van der Waals surface area contributed by atoms with Crippen molar-refractivity contribution in [2.75, 3.05) is 51.4 Å². The van der Waals surface area contributed by atoms with Crippen LogP contribution in [0.2, 0.25) is 0 Å². The minimum absolute atomic E-state index is 0.317. The van der Waals surface area contributed by atoms with Crippen LogP contribution in [0.3, 0.4) is 0 Å². The van der Waals surface area contributed by atoms with Crippen LogP contribution < -0.4 is 15.0 Å². The van der Waals surface area contributed by atoms with Crippen molar-refractivity contribution in [3.63, 3.8) is 0 Å². The van der Waals surface area contributed by atoms with Gasteiger partial charge in [-0.25, -0.2) is 0 Å². The Balaban J connectivity index is 1.31.